The van der Waals surface area contributed by atoms with Crippen LogP contribution in [0.25, 0.3) is 0 Å². The molecule has 0 aromatic heterocycles. The van der Waals surface area contributed by atoms with Crippen molar-refractivity contribution in [3.63, 3.8) is 0 Å². The zero-order chi connectivity index (χ0) is 20.1. The summed E-state index contributed by atoms with van der Waals surface area (Å²) in [4.78, 5) is 14.2. The predicted octanol–water partition coefficient (Wildman–Crippen LogP) is 3.19. The number of Topliss-reactive ketones (excluding diaryl/α,β-unsaturated/α-hetero) is 1. The molecule has 28 heavy (non-hydrogen) atoms. The molecule has 1 aliphatic heterocycles. The Morgan fingerprint density at radius 2 is 1.43 bits per heavy atom. The van der Waals surface area contributed by atoms with Crippen molar-refractivity contribution in [3.8, 4) is 0 Å². The molecular formula is C21H21ClF3N2O+. The summed E-state index contributed by atoms with van der Waals surface area (Å²) in [7, 11) is 0. The number of benzene rings is 2. The Balaban J connectivity index is 1.74. The summed E-state index contributed by atoms with van der Waals surface area (Å²) in [6.07, 6.45) is -3.83. The minimum absolute atomic E-state index is 0.140. The number of nitrogens with one attached hydrogen (secondary N) is 1. The number of carbonyl (C=O) groups is 1. The third kappa shape index (κ3) is 4.94. The van der Waals surface area contributed by atoms with Gasteiger partial charge in [-0.1, -0.05) is 72.3 Å². The van der Waals surface area contributed by atoms with Crippen LogP contribution in [0.15, 0.2) is 71.9 Å². The van der Waals surface area contributed by atoms with E-state index in [2.05, 4.69) is 24.3 Å². The molecule has 0 spiro atoms. The van der Waals surface area contributed by atoms with Gasteiger partial charge in [0.05, 0.1) is 26.2 Å². The van der Waals surface area contributed by atoms with Crippen molar-refractivity contribution in [3.05, 3.63) is 83.0 Å². The van der Waals surface area contributed by atoms with Gasteiger partial charge < -0.3 is 9.80 Å². The third-order valence-electron chi connectivity index (χ3n) is 4.88. The molecule has 0 atom stereocenters. The fraction of sp³-hybridized carbons (Fsp3) is 0.286. The van der Waals surface area contributed by atoms with Crippen LogP contribution >= 0.6 is 11.6 Å². The van der Waals surface area contributed by atoms with E-state index >= 15 is 0 Å². The molecule has 1 heterocycles. The van der Waals surface area contributed by atoms with Gasteiger partial charge in [0.15, 0.2) is 0 Å². The number of halogens is 4. The molecule has 2 aromatic rings. The number of carbonyl (C=O) groups excluding carboxylic acids is 1. The maximum atomic E-state index is 12.5. The molecule has 1 N–H and O–H groups in total. The minimum Gasteiger partial charge on any atom is -0.365 e. The van der Waals surface area contributed by atoms with Crippen molar-refractivity contribution in [1.82, 2.24) is 4.90 Å². The second-order valence-corrected chi connectivity index (χ2v) is 7.16. The van der Waals surface area contributed by atoms with Crippen LogP contribution in [0.5, 0.6) is 0 Å². The Morgan fingerprint density at radius 1 is 0.964 bits per heavy atom. The van der Waals surface area contributed by atoms with Gasteiger partial charge in [0.25, 0.3) is 5.78 Å². The lowest BCUT2D eigenvalue weighted by Gasteiger charge is -2.36. The quantitative estimate of drug-likeness (QED) is 0.767. The molecule has 0 saturated carbocycles. The summed E-state index contributed by atoms with van der Waals surface area (Å²) in [6.45, 7) is 2.48. The Kier molecular flexibility index (Phi) is 6.42. The van der Waals surface area contributed by atoms with Gasteiger partial charge in [0.2, 0.25) is 0 Å². The highest BCUT2D eigenvalue weighted by Gasteiger charge is 2.40. The van der Waals surface area contributed by atoms with E-state index in [1.165, 1.54) is 16.0 Å². The summed E-state index contributed by atoms with van der Waals surface area (Å²) < 4.78 is 37.5. The fourth-order valence-electron chi connectivity index (χ4n) is 3.54. The maximum absolute atomic E-state index is 12.5. The van der Waals surface area contributed by atoms with Crippen LogP contribution in [-0.4, -0.2) is 43.0 Å². The first-order valence-electron chi connectivity index (χ1n) is 9.03. The van der Waals surface area contributed by atoms with Crippen molar-refractivity contribution in [1.29, 1.82) is 0 Å². The maximum Gasteiger partial charge on any atom is 0.455 e. The van der Waals surface area contributed by atoms with E-state index in [9.17, 15) is 18.0 Å². The molecule has 148 valence electrons. The molecule has 7 heteroatoms. The number of alkyl halides is 3. The second-order valence-electron chi connectivity index (χ2n) is 6.75. The lowest BCUT2D eigenvalue weighted by atomic mass is 9.96. The smallest absolute Gasteiger partial charge is 0.365 e. The summed E-state index contributed by atoms with van der Waals surface area (Å²) in [6, 6.07) is 20.5. The number of piperazine rings is 1. The van der Waals surface area contributed by atoms with E-state index in [-0.39, 0.29) is 6.04 Å². The van der Waals surface area contributed by atoms with E-state index in [0.717, 1.165) is 19.3 Å². The zero-order valence-electron chi connectivity index (χ0n) is 15.1. The molecule has 0 amide bonds. The van der Waals surface area contributed by atoms with Crippen LogP contribution < -0.4 is 4.90 Å². The first kappa shape index (κ1) is 20.4. The highest BCUT2D eigenvalue weighted by atomic mass is 35.5. The molecular weight excluding hydrogens is 389 g/mol. The first-order chi connectivity index (χ1) is 13.4. The largest absolute Gasteiger partial charge is 0.455 e. The first-order valence-corrected chi connectivity index (χ1v) is 9.41. The van der Waals surface area contributed by atoms with Crippen LogP contribution in [0.1, 0.15) is 17.2 Å². The summed E-state index contributed by atoms with van der Waals surface area (Å²) in [5.74, 6) is -2.00. The average molecular weight is 410 g/mol. The van der Waals surface area contributed by atoms with Gasteiger partial charge in [-0.2, -0.15) is 13.2 Å². The molecule has 3 rings (SSSR count). The summed E-state index contributed by atoms with van der Waals surface area (Å²) in [5, 5.41) is -0.793. The minimum atomic E-state index is -4.95. The molecule has 1 fully saturated rings. The van der Waals surface area contributed by atoms with E-state index < -0.39 is 17.0 Å². The van der Waals surface area contributed by atoms with E-state index in [0.29, 0.717) is 13.1 Å². The SMILES string of the molecule is O=C(/C(Cl)=C/N1CC[NH+](C(c2ccccc2)c2ccccc2)CC1)C(F)(F)F. The number of allylic oxidation sites excluding steroid dienone is 1. The van der Waals surface area contributed by atoms with Gasteiger partial charge in [-0.25, -0.2) is 0 Å². The lowest BCUT2D eigenvalue weighted by Crippen LogP contribution is -3.15. The Morgan fingerprint density at radius 3 is 1.86 bits per heavy atom. The molecule has 1 aliphatic rings. The number of rotatable bonds is 5. The van der Waals surface area contributed by atoms with Crippen molar-refractivity contribution >= 4 is 17.4 Å². The van der Waals surface area contributed by atoms with E-state index in [1.807, 2.05) is 36.4 Å². The molecule has 0 radical (unpaired) electrons. The highest BCUT2D eigenvalue weighted by molar-refractivity contribution is 6.43. The Hall–Kier alpha value is -2.31. The lowest BCUT2D eigenvalue weighted by molar-refractivity contribution is -0.929. The van der Waals surface area contributed by atoms with E-state index in [4.69, 9.17) is 11.6 Å². The standard InChI is InChI=1S/C21H20ClF3N2O/c22-18(20(28)21(23,24)25)15-26-11-13-27(14-12-26)19(16-7-3-1-4-8-16)17-9-5-2-6-10-17/h1-10,15,19H,11-14H2/p+1/b18-15-. The summed E-state index contributed by atoms with van der Waals surface area (Å²) >= 11 is 5.58. The van der Waals surface area contributed by atoms with Gasteiger partial charge in [-0.15, -0.1) is 0 Å². The number of hydrogen-bond acceptors (Lipinski definition) is 2. The van der Waals surface area contributed by atoms with Crippen LogP contribution in [0.4, 0.5) is 13.2 Å². The van der Waals surface area contributed by atoms with Crippen LogP contribution in [-0.2, 0) is 4.79 Å². The molecule has 0 unspecified atom stereocenters. The van der Waals surface area contributed by atoms with Gasteiger partial charge in [0.1, 0.15) is 11.1 Å². The number of hydrogen-bond donors (Lipinski definition) is 1. The second kappa shape index (κ2) is 8.80. The molecule has 1 saturated heterocycles. The number of ketones is 1. The van der Waals surface area contributed by atoms with Crippen LogP contribution in [0.2, 0.25) is 0 Å². The molecule has 0 aliphatic carbocycles. The Labute approximate surface area is 167 Å². The van der Waals surface area contributed by atoms with Crippen molar-refractivity contribution < 1.29 is 22.9 Å². The van der Waals surface area contributed by atoms with Gasteiger partial charge in [-0.05, 0) is 0 Å². The monoisotopic (exact) mass is 409 g/mol. The normalized spacial score (nSPS) is 16.5. The predicted molar refractivity (Wildman–Crippen MR) is 102 cm³/mol. The molecule has 3 nitrogen and oxygen atoms in total. The van der Waals surface area contributed by atoms with Crippen LogP contribution in [0, 0.1) is 0 Å². The number of nitrogens with zero attached hydrogens (tertiary/aromatic N) is 1. The number of quaternary nitrogens is 1. The van der Waals surface area contributed by atoms with Gasteiger partial charge in [-0.3, -0.25) is 4.79 Å². The third-order valence-corrected chi connectivity index (χ3v) is 5.15. The van der Waals surface area contributed by atoms with Gasteiger partial charge in [0, 0.05) is 17.3 Å². The highest BCUT2D eigenvalue weighted by Crippen LogP contribution is 2.23. The average Bonchev–Trinajstić information content (AvgIpc) is 2.70. The van der Waals surface area contributed by atoms with Crippen LogP contribution in [0.3, 0.4) is 0 Å². The molecule has 2 aromatic carbocycles. The van der Waals surface area contributed by atoms with E-state index in [1.54, 1.807) is 4.90 Å². The fourth-order valence-corrected chi connectivity index (χ4v) is 3.78. The molecule has 0 bridgehead atoms. The topological polar surface area (TPSA) is 24.8 Å². The summed E-state index contributed by atoms with van der Waals surface area (Å²) in [5.41, 5.74) is 2.39. The van der Waals surface area contributed by atoms with Gasteiger partial charge >= 0.3 is 6.18 Å². The van der Waals surface area contributed by atoms with Crippen molar-refractivity contribution in [2.45, 2.75) is 12.2 Å². The zero-order valence-corrected chi connectivity index (χ0v) is 15.9. The Bertz CT molecular complexity index is 777. The van der Waals surface area contributed by atoms with Crippen molar-refractivity contribution in [2.75, 3.05) is 26.2 Å². The van der Waals surface area contributed by atoms with Crippen molar-refractivity contribution in [2.24, 2.45) is 0 Å².